The number of hydrogen-bond acceptors (Lipinski definition) is 4. The number of aromatic nitrogens is 2. The smallest absolute Gasteiger partial charge is 0.128 e. The standard InChI is InChI=1S/C20H16N2O2/c1-23-15-7-3-5-13-9-11-21-19(17(13)15)20-18-14(10-12-22-20)6-4-8-16(18)24-2/h3-12H,1-2H3. The molecule has 0 aliphatic carbocycles. The lowest BCUT2D eigenvalue weighted by Crippen LogP contribution is -1.95. The molecular weight excluding hydrogens is 300 g/mol. The van der Waals surface area contributed by atoms with E-state index in [1.165, 1.54) is 0 Å². The van der Waals surface area contributed by atoms with Crippen molar-refractivity contribution in [3.63, 3.8) is 0 Å². The molecule has 2 aromatic carbocycles. The fraction of sp³-hybridized carbons (Fsp3) is 0.100. The van der Waals surface area contributed by atoms with Crippen molar-refractivity contribution in [2.75, 3.05) is 14.2 Å². The van der Waals surface area contributed by atoms with Gasteiger partial charge in [-0.15, -0.1) is 0 Å². The third-order valence-electron chi connectivity index (χ3n) is 4.17. The lowest BCUT2D eigenvalue weighted by molar-refractivity contribution is 0.419. The van der Waals surface area contributed by atoms with Crippen LogP contribution in [-0.2, 0) is 0 Å². The van der Waals surface area contributed by atoms with Crippen molar-refractivity contribution in [1.82, 2.24) is 9.97 Å². The summed E-state index contributed by atoms with van der Waals surface area (Å²) in [7, 11) is 3.34. The first-order chi connectivity index (χ1) is 11.8. The maximum atomic E-state index is 5.56. The van der Waals surface area contributed by atoms with Crippen molar-refractivity contribution in [2.45, 2.75) is 0 Å². The fourth-order valence-electron chi connectivity index (χ4n) is 3.09. The van der Waals surface area contributed by atoms with E-state index >= 15 is 0 Å². The molecule has 4 heteroatoms. The van der Waals surface area contributed by atoms with E-state index in [1.807, 2.05) is 48.5 Å². The number of rotatable bonds is 3. The Balaban J connectivity index is 2.15. The van der Waals surface area contributed by atoms with Crippen molar-refractivity contribution in [1.29, 1.82) is 0 Å². The van der Waals surface area contributed by atoms with E-state index in [1.54, 1.807) is 26.6 Å². The van der Waals surface area contributed by atoms with Gasteiger partial charge in [0.05, 0.1) is 25.0 Å². The Labute approximate surface area is 139 Å². The number of ether oxygens (including phenoxy) is 2. The molecule has 4 nitrogen and oxygen atoms in total. The van der Waals surface area contributed by atoms with E-state index in [2.05, 4.69) is 9.97 Å². The van der Waals surface area contributed by atoms with E-state index in [0.717, 1.165) is 44.4 Å². The van der Waals surface area contributed by atoms with Gasteiger partial charge in [0.2, 0.25) is 0 Å². The number of benzene rings is 2. The van der Waals surface area contributed by atoms with Crippen molar-refractivity contribution in [3.05, 3.63) is 60.9 Å². The van der Waals surface area contributed by atoms with Crippen LogP contribution < -0.4 is 9.47 Å². The van der Waals surface area contributed by atoms with Crippen LogP contribution in [0.3, 0.4) is 0 Å². The van der Waals surface area contributed by atoms with Gasteiger partial charge in [0.1, 0.15) is 22.9 Å². The molecule has 2 heterocycles. The molecule has 4 rings (SSSR count). The Bertz CT molecular complexity index is 948. The number of methoxy groups -OCH3 is 2. The summed E-state index contributed by atoms with van der Waals surface area (Å²) in [5.41, 5.74) is 1.58. The maximum absolute atomic E-state index is 5.56. The SMILES string of the molecule is COc1cccc2ccnc(-c3nccc4cccc(OC)c34)c12. The molecule has 0 unspecified atom stereocenters. The topological polar surface area (TPSA) is 44.2 Å². The predicted octanol–water partition coefficient (Wildman–Crippen LogP) is 4.47. The zero-order valence-corrected chi connectivity index (χ0v) is 13.5. The number of fused-ring (bicyclic) bond motifs is 2. The summed E-state index contributed by atoms with van der Waals surface area (Å²) in [6.07, 6.45) is 3.60. The van der Waals surface area contributed by atoms with E-state index in [9.17, 15) is 0 Å². The molecule has 0 spiro atoms. The fourth-order valence-corrected chi connectivity index (χ4v) is 3.09. The van der Waals surface area contributed by atoms with Crippen LogP contribution in [-0.4, -0.2) is 24.2 Å². The van der Waals surface area contributed by atoms with Gasteiger partial charge in [-0.25, -0.2) is 0 Å². The highest BCUT2D eigenvalue weighted by Gasteiger charge is 2.16. The van der Waals surface area contributed by atoms with Crippen LogP contribution in [0.5, 0.6) is 11.5 Å². The summed E-state index contributed by atoms with van der Waals surface area (Å²) in [4.78, 5) is 9.23. The van der Waals surface area contributed by atoms with Crippen LogP contribution in [0.2, 0.25) is 0 Å². The summed E-state index contributed by atoms with van der Waals surface area (Å²) in [6, 6.07) is 15.9. The number of hydrogen-bond donors (Lipinski definition) is 0. The largest absolute Gasteiger partial charge is 0.496 e. The van der Waals surface area contributed by atoms with Crippen LogP contribution in [0, 0.1) is 0 Å². The normalized spacial score (nSPS) is 10.9. The Kier molecular flexibility index (Phi) is 3.50. The van der Waals surface area contributed by atoms with Gasteiger partial charge in [0, 0.05) is 12.4 Å². The molecule has 0 radical (unpaired) electrons. The lowest BCUT2D eigenvalue weighted by Gasteiger charge is -2.13. The van der Waals surface area contributed by atoms with Gasteiger partial charge in [0.25, 0.3) is 0 Å². The second kappa shape index (κ2) is 5.81. The zero-order chi connectivity index (χ0) is 16.5. The minimum Gasteiger partial charge on any atom is -0.496 e. The molecular formula is C20H16N2O2. The van der Waals surface area contributed by atoms with Crippen LogP contribution in [0.25, 0.3) is 32.9 Å². The summed E-state index contributed by atoms with van der Waals surface area (Å²) >= 11 is 0. The van der Waals surface area contributed by atoms with Gasteiger partial charge < -0.3 is 9.47 Å². The zero-order valence-electron chi connectivity index (χ0n) is 13.5. The quantitative estimate of drug-likeness (QED) is 0.559. The molecule has 0 saturated heterocycles. The highest BCUT2D eigenvalue weighted by Crippen LogP contribution is 2.38. The molecule has 0 fully saturated rings. The minimum atomic E-state index is 0.782. The average Bonchev–Trinajstić information content (AvgIpc) is 2.66. The van der Waals surface area contributed by atoms with Crippen molar-refractivity contribution in [3.8, 4) is 22.9 Å². The first-order valence-electron chi connectivity index (χ1n) is 7.67. The van der Waals surface area contributed by atoms with Gasteiger partial charge in [-0.2, -0.15) is 0 Å². The van der Waals surface area contributed by atoms with Gasteiger partial charge in [-0.1, -0.05) is 24.3 Å². The summed E-state index contributed by atoms with van der Waals surface area (Å²) < 4.78 is 11.1. The lowest BCUT2D eigenvalue weighted by atomic mass is 10.0. The first-order valence-corrected chi connectivity index (χ1v) is 7.67. The Morgan fingerprint density at radius 3 is 1.50 bits per heavy atom. The third-order valence-corrected chi connectivity index (χ3v) is 4.17. The van der Waals surface area contributed by atoms with Crippen LogP contribution in [0.15, 0.2) is 60.9 Å². The molecule has 0 bridgehead atoms. The highest BCUT2D eigenvalue weighted by atomic mass is 16.5. The molecule has 24 heavy (non-hydrogen) atoms. The minimum absolute atomic E-state index is 0.782. The average molecular weight is 316 g/mol. The Morgan fingerprint density at radius 1 is 0.625 bits per heavy atom. The van der Waals surface area contributed by atoms with E-state index in [4.69, 9.17) is 9.47 Å². The monoisotopic (exact) mass is 316 g/mol. The molecule has 4 aromatic rings. The van der Waals surface area contributed by atoms with E-state index in [-0.39, 0.29) is 0 Å². The van der Waals surface area contributed by atoms with Crippen molar-refractivity contribution >= 4 is 21.5 Å². The van der Waals surface area contributed by atoms with Gasteiger partial charge in [-0.3, -0.25) is 9.97 Å². The van der Waals surface area contributed by atoms with Gasteiger partial charge >= 0.3 is 0 Å². The second-order valence-corrected chi connectivity index (χ2v) is 5.44. The highest BCUT2D eigenvalue weighted by molar-refractivity contribution is 6.06. The molecule has 0 aliphatic heterocycles. The molecule has 0 N–H and O–H groups in total. The van der Waals surface area contributed by atoms with E-state index < -0.39 is 0 Å². The van der Waals surface area contributed by atoms with Gasteiger partial charge in [0.15, 0.2) is 0 Å². The molecule has 2 aromatic heterocycles. The van der Waals surface area contributed by atoms with Crippen molar-refractivity contribution < 1.29 is 9.47 Å². The van der Waals surface area contributed by atoms with Crippen LogP contribution in [0.1, 0.15) is 0 Å². The third kappa shape index (κ3) is 2.15. The summed E-state index contributed by atoms with van der Waals surface area (Å²) in [5, 5.41) is 4.03. The molecule has 0 atom stereocenters. The maximum Gasteiger partial charge on any atom is 0.128 e. The Hall–Kier alpha value is -3.14. The van der Waals surface area contributed by atoms with Crippen LogP contribution in [0.4, 0.5) is 0 Å². The molecule has 118 valence electrons. The molecule has 0 aliphatic rings. The van der Waals surface area contributed by atoms with E-state index in [0.29, 0.717) is 0 Å². The van der Waals surface area contributed by atoms with Crippen molar-refractivity contribution in [2.24, 2.45) is 0 Å². The molecule has 0 amide bonds. The van der Waals surface area contributed by atoms with Crippen LogP contribution >= 0.6 is 0 Å². The summed E-state index contributed by atoms with van der Waals surface area (Å²) in [6.45, 7) is 0. The van der Waals surface area contributed by atoms with Gasteiger partial charge in [-0.05, 0) is 35.0 Å². The summed E-state index contributed by atoms with van der Waals surface area (Å²) in [5.74, 6) is 1.56. The second-order valence-electron chi connectivity index (χ2n) is 5.44. The molecule has 0 saturated carbocycles. The Morgan fingerprint density at radius 2 is 1.08 bits per heavy atom. The number of pyridine rings is 2. The first kappa shape index (κ1) is 14.5. The number of nitrogens with zero attached hydrogens (tertiary/aromatic N) is 2. The predicted molar refractivity (Wildman–Crippen MR) is 95.6 cm³/mol.